The molecule has 92 valence electrons. The Hall–Kier alpha value is -2.39. The molecule has 0 aliphatic carbocycles. The van der Waals surface area contributed by atoms with Crippen LogP contribution in [-0.2, 0) is 0 Å². The van der Waals surface area contributed by atoms with Crippen LogP contribution in [0.5, 0.6) is 0 Å². The summed E-state index contributed by atoms with van der Waals surface area (Å²) in [4.78, 5) is 27.4. The van der Waals surface area contributed by atoms with E-state index in [1.807, 2.05) is 6.07 Å². The van der Waals surface area contributed by atoms with Gasteiger partial charge in [0.1, 0.15) is 16.2 Å². The minimum absolute atomic E-state index is 0.0425. The number of thioether (sulfide) groups is 1. The highest BCUT2D eigenvalue weighted by molar-refractivity contribution is 8.14. The van der Waals surface area contributed by atoms with Gasteiger partial charge in [0, 0.05) is 10.9 Å². The summed E-state index contributed by atoms with van der Waals surface area (Å²) in [6.45, 7) is 0. The number of nitriles is 1. The van der Waals surface area contributed by atoms with Crippen molar-refractivity contribution in [1.29, 1.82) is 5.26 Å². The summed E-state index contributed by atoms with van der Waals surface area (Å²) < 4.78 is 5.10. The van der Waals surface area contributed by atoms with Crippen LogP contribution in [0.2, 0.25) is 0 Å². The monoisotopic (exact) mass is 270 g/mol. The Morgan fingerprint density at radius 2 is 2.05 bits per heavy atom. The lowest BCUT2D eigenvalue weighted by Crippen LogP contribution is -2.12. The van der Waals surface area contributed by atoms with Crippen LogP contribution in [0.4, 0.5) is 0 Å². The molecule has 1 aliphatic heterocycles. The van der Waals surface area contributed by atoms with Crippen molar-refractivity contribution in [2.45, 2.75) is 0 Å². The normalized spacial score (nSPS) is 13.2. The summed E-state index contributed by atoms with van der Waals surface area (Å²) in [5.74, 6) is -0.435. The van der Waals surface area contributed by atoms with Gasteiger partial charge in [0.15, 0.2) is 0 Å². The molecule has 3 rings (SSSR count). The van der Waals surface area contributed by atoms with Crippen molar-refractivity contribution in [3.8, 4) is 6.07 Å². The maximum Gasteiger partial charge on any atom is 0.350 e. The molecular formula is C13H6N2O3S. The Morgan fingerprint density at radius 3 is 2.84 bits per heavy atom. The molecule has 6 heteroatoms. The number of rotatable bonds is 1. The second-order valence-electron chi connectivity index (χ2n) is 3.80. The molecule has 0 saturated heterocycles. The van der Waals surface area contributed by atoms with Crippen molar-refractivity contribution in [3.63, 3.8) is 0 Å². The van der Waals surface area contributed by atoms with Crippen molar-refractivity contribution >= 4 is 33.7 Å². The van der Waals surface area contributed by atoms with Crippen LogP contribution < -0.4 is 5.63 Å². The van der Waals surface area contributed by atoms with Crippen molar-refractivity contribution < 1.29 is 9.21 Å². The fourth-order valence-electron chi connectivity index (χ4n) is 1.98. The number of fused-ring (bicyclic) bond motifs is 3. The number of hydrogen-bond donors (Lipinski definition) is 0. The smallest absolute Gasteiger partial charge is 0.350 e. The zero-order valence-corrected chi connectivity index (χ0v) is 10.4. The SMILES string of the molecule is N#CCSC1=NC(=O)c2c1c1ccccc1oc2=O. The van der Waals surface area contributed by atoms with Crippen molar-refractivity contribution in [2.75, 3.05) is 5.75 Å². The molecule has 2 heterocycles. The third kappa shape index (κ3) is 1.75. The van der Waals surface area contributed by atoms with Crippen LogP contribution in [-0.4, -0.2) is 16.7 Å². The second-order valence-corrected chi connectivity index (χ2v) is 4.77. The van der Waals surface area contributed by atoms with E-state index in [2.05, 4.69) is 4.99 Å². The molecule has 1 aromatic heterocycles. The van der Waals surface area contributed by atoms with Gasteiger partial charge in [-0.15, -0.1) is 0 Å². The molecule has 0 spiro atoms. The first-order valence-corrected chi connectivity index (χ1v) is 6.40. The first-order valence-electron chi connectivity index (χ1n) is 5.41. The molecule has 0 atom stereocenters. The van der Waals surface area contributed by atoms with Gasteiger partial charge >= 0.3 is 5.63 Å². The summed E-state index contributed by atoms with van der Waals surface area (Å²) in [6, 6.07) is 8.93. The van der Waals surface area contributed by atoms with Crippen LogP contribution in [0, 0.1) is 11.3 Å². The predicted octanol–water partition coefficient (Wildman–Crippen LogP) is 1.95. The average molecular weight is 270 g/mol. The van der Waals surface area contributed by atoms with Crippen LogP contribution in [0.3, 0.4) is 0 Å². The van der Waals surface area contributed by atoms with Crippen LogP contribution in [0.25, 0.3) is 11.0 Å². The van der Waals surface area contributed by atoms with E-state index in [0.717, 1.165) is 11.8 Å². The van der Waals surface area contributed by atoms with Gasteiger partial charge in [0.05, 0.1) is 11.8 Å². The maximum absolute atomic E-state index is 11.8. The summed E-state index contributed by atoms with van der Waals surface area (Å²) >= 11 is 1.14. The maximum atomic E-state index is 11.8. The van der Waals surface area contributed by atoms with E-state index >= 15 is 0 Å². The van der Waals surface area contributed by atoms with Crippen LogP contribution in [0.1, 0.15) is 15.9 Å². The Balaban J connectivity index is 2.33. The van der Waals surface area contributed by atoms with Crippen molar-refractivity contribution in [3.05, 3.63) is 45.8 Å². The molecule has 0 N–H and O–H groups in total. The van der Waals surface area contributed by atoms with Gasteiger partial charge in [-0.05, 0) is 6.07 Å². The Labute approximate surface area is 111 Å². The van der Waals surface area contributed by atoms with E-state index in [0.29, 0.717) is 21.6 Å². The number of amides is 1. The van der Waals surface area contributed by atoms with Gasteiger partial charge < -0.3 is 4.42 Å². The molecule has 0 bridgehead atoms. The lowest BCUT2D eigenvalue weighted by atomic mass is 10.1. The fourth-order valence-corrected chi connectivity index (χ4v) is 2.68. The number of hydrogen-bond acceptors (Lipinski definition) is 5. The molecule has 0 saturated carbocycles. The van der Waals surface area contributed by atoms with E-state index in [-0.39, 0.29) is 11.3 Å². The lowest BCUT2D eigenvalue weighted by Gasteiger charge is -2.03. The van der Waals surface area contributed by atoms with Gasteiger partial charge in [-0.3, -0.25) is 4.79 Å². The quantitative estimate of drug-likeness (QED) is 0.739. The predicted molar refractivity (Wildman–Crippen MR) is 71.4 cm³/mol. The van der Waals surface area contributed by atoms with E-state index in [4.69, 9.17) is 9.68 Å². The molecule has 1 aromatic carbocycles. The molecule has 0 radical (unpaired) electrons. The lowest BCUT2D eigenvalue weighted by molar-refractivity contribution is 0.100. The first kappa shape index (κ1) is 11.7. The Kier molecular flexibility index (Phi) is 2.69. The number of carbonyl (C=O) groups is 1. The molecule has 19 heavy (non-hydrogen) atoms. The Bertz CT molecular complexity index is 830. The van der Waals surface area contributed by atoms with E-state index in [9.17, 15) is 9.59 Å². The zero-order valence-electron chi connectivity index (χ0n) is 9.54. The summed E-state index contributed by atoms with van der Waals surface area (Å²) in [5.41, 5.74) is 0.164. The summed E-state index contributed by atoms with van der Waals surface area (Å²) in [7, 11) is 0. The number of aliphatic imine (C=N–C) groups is 1. The van der Waals surface area contributed by atoms with Gasteiger partial charge in [-0.25, -0.2) is 9.79 Å². The van der Waals surface area contributed by atoms with E-state index in [1.54, 1.807) is 24.3 Å². The third-order valence-corrected chi connectivity index (χ3v) is 3.56. The molecule has 5 nitrogen and oxygen atoms in total. The minimum atomic E-state index is -0.685. The number of para-hydroxylation sites is 1. The van der Waals surface area contributed by atoms with Gasteiger partial charge in [0.2, 0.25) is 0 Å². The largest absolute Gasteiger partial charge is 0.422 e. The molecule has 2 aromatic rings. The highest BCUT2D eigenvalue weighted by Gasteiger charge is 2.30. The standard InChI is InChI=1S/C13H6N2O3S/c14-5-6-19-12-9-7-3-1-2-4-8(7)18-13(17)10(9)11(16)15-12/h1-4H,6H2. The van der Waals surface area contributed by atoms with E-state index in [1.165, 1.54) is 0 Å². The van der Waals surface area contributed by atoms with Crippen LogP contribution in [0.15, 0.2) is 38.5 Å². The van der Waals surface area contributed by atoms with Crippen molar-refractivity contribution in [2.24, 2.45) is 4.99 Å². The highest BCUT2D eigenvalue weighted by Crippen LogP contribution is 2.29. The topological polar surface area (TPSA) is 83.4 Å². The zero-order chi connectivity index (χ0) is 13.4. The van der Waals surface area contributed by atoms with Gasteiger partial charge in [-0.1, -0.05) is 30.0 Å². The molecule has 1 aliphatic rings. The fraction of sp³-hybridized carbons (Fsp3) is 0.0769. The number of nitrogens with zero attached hydrogens (tertiary/aromatic N) is 2. The Morgan fingerprint density at radius 1 is 1.26 bits per heavy atom. The first-order chi connectivity index (χ1) is 9.22. The van der Waals surface area contributed by atoms with Crippen molar-refractivity contribution in [1.82, 2.24) is 0 Å². The van der Waals surface area contributed by atoms with E-state index < -0.39 is 11.5 Å². The molecule has 1 amide bonds. The van der Waals surface area contributed by atoms with Gasteiger partial charge in [0.25, 0.3) is 5.91 Å². The summed E-state index contributed by atoms with van der Waals surface area (Å²) in [6.07, 6.45) is 0. The number of carbonyl (C=O) groups excluding carboxylic acids is 1. The second kappa shape index (κ2) is 4.37. The highest BCUT2D eigenvalue weighted by atomic mass is 32.2. The molecule has 0 unspecified atom stereocenters. The van der Waals surface area contributed by atoms with Gasteiger partial charge in [-0.2, -0.15) is 5.26 Å². The average Bonchev–Trinajstić information content (AvgIpc) is 2.74. The number of benzene rings is 1. The van der Waals surface area contributed by atoms with Crippen LogP contribution >= 0.6 is 11.8 Å². The third-order valence-electron chi connectivity index (χ3n) is 2.72. The summed E-state index contributed by atoms with van der Waals surface area (Å²) in [5, 5.41) is 9.68. The molecular weight excluding hydrogens is 264 g/mol. The minimum Gasteiger partial charge on any atom is -0.422 e. The molecule has 0 fully saturated rings.